The first-order valence-corrected chi connectivity index (χ1v) is 6.37. The van der Waals surface area contributed by atoms with E-state index in [1.807, 2.05) is 0 Å². The van der Waals surface area contributed by atoms with E-state index < -0.39 is 17.2 Å². The standard InChI is InChI=1S/C13H10BrFN2O3/c1-7-6-17(8-3-4-10(15)9(14)5-8)16-11(12(7)18)13(19)20-2/h3-6H,1-2H3. The SMILES string of the molecule is COC(=O)c1nn(-c2ccc(F)c(Br)c2)cc(C)c1=O. The highest BCUT2D eigenvalue weighted by Crippen LogP contribution is 2.19. The number of rotatable bonds is 2. The summed E-state index contributed by atoms with van der Waals surface area (Å²) in [5.41, 5.74) is 0.0367. The number of aromatic nitrogens is 2. The second kappa shape index (κ2) is 5.54. The molecule has 0 radical (unpaired) electrons. The van der Waals surface area contributed by atoms with E-state index in [9.17, 15) is 14.0 Å². The fourth-order valence-electron chi connectivity index (χ4n) is 1.60. The van der Waals surface area contributed by atoms with Gasteiger partial charge in [0.2, 0.25) is 11.1 Å². The Morgan fingerprint density at radius 3 is 2.75 bits per heavy atom. The number of esters is 1. The Balaban J connectivity index is 2.63. The Labute approximate surface area is 122 Å². The monoisotopic (exact) mass is 340 g/mol. The number of hydrogen-bond donors (Lipinski definition) is 0. The molecule has 0 aliphatic rings. The van der Waals surface area contributed by atoms with Crippen molar-refractivity contribution in [2.75, 3.05) is 7.11 Å². The van der Waals surface area contributed by atoms with Crippen molar-refractivity contribution < 1.29 is 13.9 Å². The maximum absolute atomic E-state index is 13.2. The topological polar surface area (TPSA) is 61.2 Å². The molecule has 0 bridgehead atoms. The third-order valence-electron chi connectivity index (χ3n) is 2.64. The zero-order valence-corrected chi connectivity index (χ0v) is 12.3. The average molecular weight is 341 g/mol. The Morgan fingerprint density at radius 2 is 2.15 bits per heavy atom. The van der Waals surface area contributed by atoms with Crippen molar-refractivity contribution in [1.29, 1.82) is 0 Å². The molecule has 0 aliphatic heterocycles. The second-order valence-corrected chi connectivity index (χ2v) is 4.88. The van der Waals surface area contributed by atoms with Crippen LogP contribution in [-0.2, 0) is 4.74 Å². The molecule has 0 fully saturated rings. The van der Waals surface area contributed by atoms with Crippen LogP contribution in [0, 0.1) is 12.7 Å². The van der Waals surface area contributed by atoms with Gasteiger partial charge in [-0.05, 0) is 41.1 Å². The van der Waals surface area contributed by atoms with Gasteiger partial charge in [0.25, 0.3) is 0 Å². The van der Waals surface area contributed by atoms with Crippen LogP contribution in [0.4, 0.5) is 4.39 Å². The van der Waals surface area contributed by atoms with Crippen LogP contribution in [0.2, 0.25) is 0 Å². The number of nitrogens with zero attached hydrogens (tertiary/aromatic N) is 2. The smallest absolute Gasteiger partial charge is 0.362 e. The maximum atomic E-state index is 13.2. The first-order chi connectivity index (χ1) is 9.43. The number of benzene rings is 1. The van der Waals surface area contributed by atoms with Crippen molar-refractivity contribution in [2.24, 2.45) is 0 Å². The average Bonchev–Trinajstić information content (AvgIpc) is 2.44. The number of hydrogen-bond acceptors (Lipinski definition) is 4. The lowest BCUT2D eigenvalue weighted by atomic mass is 10.2. The molecular formula is C13H10BrFN2O3. The van der Waals surface area contributed by atoms with E-state index >= 15 is 0 Å². The normalized spacial score (nSPS) is 10.4. The summed E-state index contributed by atoms with van der Waals surface area (Å²) < 4.78 is 19.3. The summed E-state index contributed by atoms with van der Waals surface area (Å²) in [7, 11) is 1.17. The van der Waals surface area contributed by atoms with Crippen molar-refractivity contribution in [2.45, 2.75) is 6.92 Å². The summed E-state index contributed by atoms with van der Waals surface area (Å²) in [5.74, 6) is -1.23. The molecule has 1 heterocycles. The van der Waals surface area contributed by atoms with Gasteiger partial charge in [-0.25, -0.2) is 13.9 Å². The molecule has 0 aliphatic carbocycles. The first kappa shape index (κ1) is 14.4. The van der Waals surface area contributed by atoms with Crippen LogP contribution in [0.15, 0.2) is 33.7 Å². The van der Waals surface area contributed by atoms with E-state index in [2.05, 4.69) is 25.8 Å². The number of aryl methyl sites for hydroxylation is 1. The van der Waals surface area contributed by atoms with E-state index in [1.54, 1.807) is 6.92 Å². The quantitative estimate of drug-likeness (QED) is 0.786. The van der Waals surface area contributed by atoms with Gasteiger partial charge in [-0.3, -0.25) is 4.79 Å². The van der Waals surface area contributed by atoms with Gasteiger partial charge in [0.05, 0.1) is 17.3 Å². The predicted octanol–water partition coefficient (Wildman–Crippen LogP) is 2.23. The lowest BCUT2D eigenvalue weighted by Gasteiger charge is -2.09. The minimum atomic E-state index is -0.811. The molecule has 0 saturated heterocycles. The van der Waals surface area contributed by atoms with E-state index in [1.165, 1.54) is 36.2 Å². The molecule has 1 aromatic heterocycles. The Hall–Kier alpha value is -2.02. The Morgan fingerprint density at radius 1 is 1.45 bits per heavy atom. The molecule has 104 valence electrons. The van der Waals surface area contributed by atoms with Crippen molar-refractivity contribution in [3.05, 3.63) is 56.2 Å². The molecule has 5 nitrogen and oxygen atoms in total. The highest BCUT2D eigenvalue weighted by molar-refractivity contribution is 9.10. The number of carbonyl (C=O) groups excluding carboxylic acids is 1. The zero-order chi connectivity index (χ0) is 14.9. The van der Waals surface area contributed by atoms with E-state index in [4.69, 9.17) is 0 Å². The minimum Gasteiger partial charge on any atom is -0.464 e. The lowest BCUT2D eigenvalue weighted by molar-refractivity contribution is 0.0590. The van der Waals surface area contributed by atoms with Crippen LogP contribution in [0.25, 0.3) is 5.69 Å². The molecule has 0 amide bonds. The third kappa shape index (κ3) is 2.62. The minimum absolute atomic E-state index is 0.257. The second-order valence-electron chi connectivity index (χ2n) is 4.02. The third-order valence-corrected chi connectivity index (χ3v) is 3.25. The summed E-state index contributed by atoms with van der Waals surface area (Å²) in [4.78, 5) is 23.4. The Kier molecular flexibility index (Phi) is 3.99. The van der Waals surface area contributed by atoms with Gasteiger partial charge < -0.3 is 4.74 Å². The zero-order valence-electron chi connectivity index (χ0n) is 10.7. The van der Waals surface area contributed by atoms with Crippen molar-refractivity contribution in [1.82, 2.24) is 9.78 Å². The summed E-state index contributed by atoms with van der Waals surface area (Å²) in [6, 6.07) is 4.23. The van der Waals surface area contributed by atoms with Crippen LogP contribution in [0.3, 0.4) is 0 Å². The van der Waals surface area contributed by atoms with E-state index in [0.717, 1.165) is 0 Å². The van der Waals surface area contributed by atoms with Gasteiger partial charge >= 0.3 is 5.97 Å². The molecule has 0 atom stereocenters. The van der Waals surface area contributed by atoms with Gasteiger partial charge in [-0.1, -0.05) is 0 Å². The summed E-state index contributed by atoms with van der Waals surface area (Å²) in [6.07, 6.45) is 1.47. The molecule has 2 aromatic rings. The van der Waals surface area contributed by atoms with Crippen LogP contribution < -0.4 is 5.43 Å². The highest BCUT2D eigenvalue weighted by atomic mass is 79.9. The largest absolute Gasteiger partial charge is 0.464 e. The van der Waals surface area contributed by atoms with Crippen molar-refractivity contribution >= 4 is 21.9 Å². The van der Waals surface area contributed by atoms with Gasteiger partial charge in [-0.2, -0.15) is 5.10 Å². The molecule has 0 saturated carbocycles. The molecule has 0 unspecified atom stereocenters. The summed E-state index contributed by atoms with van der Waals surface area (Å²) in [5, 5.41) is 3.93. The van der Waals surface area contributed by atoms with Gasteiger partial charge in [-0.15, -0.1) is 0 Å². The van der Waals surface area contributed by atoms with E-state index in [-0.39, 0.29) is 10.2 Å². The van der Waals surface area contributed by atoms with Crippen molar-refractivity contribution in [3.8, 4) is 5.69 Å². The molecule has 2 rings (SSSR count). The predicted molar refractivity (Wildman–Crippen MR) is 73.6 cm³/mol. The number of ether oxygens (including phenoxy) is 1. The number of halogens is 2. The maximum Gasteiger partial charge on any atom is 0.362 e. The fourth-order valence-corrected chi connectivity index (χ4v) is 1.97. The fraction of sp³-hybridized carbons (Fsp3) is 0.154. The Bertz CT molecular complexity index is 743. The first-order valence-electron chi connectivity index (χ1n) is 5.58. The van der Waals surface area contributed by atoms with Gasteiger partial charge in [0, 0.05) is 11.8 Å². The molecule has 7 heteroatoms. The van der Waals surface area contributed by atoms with Crippen LogP contribution in [0.1, 0.15) is 16.1 Å². The van der Waals surface area contributed by atoms with E-state index in [0.29, 0.717) is 11.3 Å². The molecular weight excluding hydrogens is 331 g/mol. The molecule has 1 aromatic carbocycles. The van der Waals surface area contributed by atoms with Crippen molar-refractivity contribution in [3.63, 3.8) is 0 Å². The van der Waals surface area contributed by atoms with Crippen LogP contribution >= 0.6 is 15.9 Å². The summed E-state index contributed by atoms with van der Waals surface area (Å²) in [6.45, 7) is 1.56. The van der Waals surface area contributed by atoms with Gasteiger partial charge in [0.15, 0.2) is 0 Å². The lowest BCUT2D eigenvalue weighted by Crippen LogP contribution is -2.24. The molecule has 0 spiro atoms. The van der Waals surface area contributed by atoms with Gasteiger partial charge in [0.1, 0.15) is 5.82 Å². The molecule has 0 N–H and O–H groups in total. The highest BCUT2D eigenvalue weighted by Gasteiger charge is 2.16. The number of carbonyl (C=O) groups is 1. The summed E-state index contributed by atoms with van der Waals surface area (Å²) >= 11 is 3.07. The molecule has 20 heavy (non-hydrogen) atoms. The van der Waals surface area contributed by atoms with Crippen LogP contribution in [-0.4, -0.2) is 22.9 Å². The van der Waals surface area contributed by atoms with Crippen LogP contribution in [0.5, 0.6) is 0 Å². The number of methoxy groups -OCH3 is 1.